The molecule has 2 unspecified atom stereocenters. The van der Waals surface area contributed by atoms with Gasteiger partial charge in [0.2, 0.25) is 0 Å². The molecule has 0 aliphatic carbocycles. The lowest BCUT2D eigenvalue weighted by molar-refractivity contribution is -0.499. The van der Waals surface area contributed by atoms with Gasteiger partial charge < -0.3 is 0 Å². The molecule has 1 aromatic carbocycles. The number of aryl methyl sites for hydroxylation is 2. The minimum atomic E-state index is -1.10. The lowest BCUT2D eigenvalue weighted by Gasteiger charge is -2.06. The zero-order valence-electron chi connectivity index (χ0n) is 10.6. The van der Waals surface area contributed by atoms with Gasteiger partial charge in [0.25, 0.3) is 11.0 Å². The zero-order chi connectivity index (χ0) is 15.1. The maximum atomic E-state index is 10.4. The fraction of sp³-hybridized carbons (Fsp3) is 0.500. The summed E-state index contributed by atoms with van der Waals surface area (Å²) >= 11 is 11.1. The van der Waals surface area contributed by atoms with Crippen LogP contribution in [-0.4, -0.2) is 20.8 Å². The highest BCUT2D eigenvalue weighted by Gasteiger charge is 2.16. The van der Waals surface area contributed by atoms with Crippen molar-refractivity contribution >= 4 is 23.2 Å². The highest BCUT2D eigenvalue weighted by Crippen LogP contribution is 2.15. The second-order valence-corrected chi connectivity index (χ2v) is 5.34. The Balaban J connectivity index is 2.53. The predicted molar refractivity (Wildman–Crippen MR) is 76.4 cm³/mol. The Kier molecular flexibility index (Phi) is 6.67. The summed E-state index contributed by atoms with van der Waals surface area (Å²) in [6.45, 7) is 0. The van der Waals surface area contributed by atoms with E-state index in [2.05, 4.69) is 0 Å². The van der Waals surface area contributed by atoms with Gasteiger partial charge in [-0.2, -0.15) is 0 Å². The fourth-order valence-corrected chi connectivity index (χ4v) is 1.94. The van der Waals surface area contributed by atoms with Crippen LogP contribution in [0.25, 0.3) is 0 Å². The summed E-state index contributed by atoms with van der Waals surface area (Å²) < 4.78 is 0. The summed E-state index contributed by atoms with van der Waals surface area (Å²) in [6, 6.07) is 7.38. The van der Waals surface area contributed by atoms with Gasteiger partial charge in [-0.1, -0.05) is 24.3 Å². The van der Waals surface area contributed by atoms with E-state index in [0.717, 1.165) is 11.1 Å². The highest BCUT2D eigenvalue weighted by atomic mass is 35.5. The molecule has 0 spiro atoms. The van der Waals surface area contributed by atoms with Gasteiger partial charge in [-0.15, -0.1) is 0 Å². The van der Waals surface area contributed by atoms with Crippen LogP contribution in [0.1, 0.15) is 24.0 Å². The number of benzene rings is 1. The van der Waals surface area contributed by atoms with Crippen molar-refractivity contribution in [2.45, 2.75) is 36.7 Å². The number of alkyl halides is 2. The lowest BCUT2D eigenvalue weighted by atomic mass is 10.0. The number of rotatable bonds is 8. The summed E-state index contributed by atoms with van der Waals surface area (Å²) in [7, 11) is 0. The number of hydrogen-bond donors (Lipinski definition) is 0. The summed E-state index contributed by atoms with van der Waals surface area (Å²) in [5.41, 5.74) is -0.356. The van der Waals surface area contributed by atoms with Crippen LogP contribution in [0.4, 0.5) is 0 Å². The first-order valence-electron chi connectivity index (χ1n) is 6.03. The molecule has 0 aliphatic heterocycles. The molecular formula is C12H14Cl2N2O4. The standard InChI is InChI=1S/C12H14Cl2N2O4/c13-11(15(17)18)6-4-9-2-1-3-10(8-9)5-7-12(14)16(19)20/h1-3,8,11-12H,4-7H2. The molecule has 0 N–H and O–H groups in total. The Morgan fingerprint density at radius 2 is 1.35 bits per heavy atom. The van der Waals surface area contributed by atoms with Crippen molar-refractivity contribution in [1.82, 2.24) is 0 Å². The maximum Gasteiger partial charge on any atom is 0.286 e. The summed E-state index contributed by atoms with van der Waals surface area (Å²) in [6.07, 6.45) is 1.46. The van der Waals surface area contributed by atoms with Crippen LogP contribution in [0.2, 0.25) is 0 Å². The van der Waals surface area contributed by atoms with Crippen molar-refractivity contribution in [2.75, 3.05) is 0 Å². The SMILES string of the molecule is O=[N+]([O-])C(Cl)CCc1cccc(CCC(Cl)[N+](=O)[O-])c1. The number of halogens is 2. The van der Waals surface area contributed by atoms with Crippen LogP contribution in [0.3, 0.4) is 0 Å². The highest BCUT2D eigenvalue weighted by molar-refractivity contribution is 6.19. The predicted octanol–water partition coefficient (Wildman–Crippen LogP) is 3.24. The monoisotopic (exact) mass is 320 g/mol. The molecule has 0 aliphatic rings. The third-order valence-corrected chi connectivity index (χ3v) is 3.55. The Morgan fingerprint density at radius 3 is 1.70 bits per heavy atom. The van der Waals surface area contributed by atoms with Crippen LogP contribution in [-0.2, 0) is 12.8 Å². The molecule has 1 rings (SSSR count). The van der Waals surface area contributed by atoms with Crippen molar-refractivity contribution < 1.29 is 9.85 Å². The third kappa shape index (κ3) is 5.71. The molecule has 0 bridgehead atoms. The van der Waals surface area contributed by atoms with Crippen molar-refractivity contribution in [2.24, 2.45) is 0 Å². The van der Waals surface area contributed by atoms with Crippen LogP contribution in [0, 0.1) is 20.2 Å². The molecule has 0 fully saturated rings. The zero-order valence-corrected chi connectivity index (χ0v) is 12.1. The summed E-state index contributed by atoms with van der Waals surface area (Å²) in [5, 5.41) is 20.8. The Labute approximate surface area is 126 Å². The molecule has 2 atom stereocenters. The van der Waals surface area contributed by atoms with E-state index in [4.69, 9.17) is 23.2 Å². The van der Waals surface area contributed by atoms with E-state index in [1.807, 2.05) is 24.3 Å². The Morgan fingerprint density at radius 1 is 0.950 bits per heavy atom. The van der Waals surface area contributed by atoms with Gasteiger partial charge in [-0.25, -0.2) is 0 Å². The molecule has 1 aromatic rings. The van der Waals surface area contributed by atoms with Gasteiger partial charge in [0.15, 0.2) is 0 Å². The molecule has 110 valence electrons. The number of nitrogens with zero attached hydrogens (tertiary/aromatic N) is 2. The molecular weight excluding hydrogens is 307 g/mol. The molecule has 8 heteroatoms. The van der Waals surface area contributed by atoms with Crippen molar-refractivity contribution in [3.63, 3.8) is 0 Å². The molecule has 0 heterocycles. The van der Waals surface area contributed by atoms with E-state index in [9.17, 15) is 20.2 Å². The second-order valence-electron chi connectivity index (χ2n) is 4.34. The largest absolute Gasteiger partial charge is 0.286 e. The van der Waals surface area contributed by atoms with Crippen LogP contribution >= 0.6 is 23.2 Å². The van der Waals surface area contributed by atoms with E-state index in [-0.39, 0.29) is 12.8 Å². The number of nitro groups is 2. The fourth-order valence-electron chi connectivity index (χ4n) is 1.72. The van der Waals surface area contributed by atoms with E-state index in [1.54, 1.807) is 0 Å². The normalized spacial score (nSPS) is 13.7. The van der Waals surface area contributed by atoms with Gasteiger partial charge in [0, 0.05) is 22.7 Å². The second kappa shape index (κ2) is 8.01. The maximum absolute atomic E-state index is 10.4. The van der Waals surface area contributed by atoms with E-state index < -0.39 is 20.8 Å². The average Bonchev–Trinajstić information content (AvgIpc) is 2.42. The Bertz CT molecular complexity index is 445. The molecule has 0 aromatic heterocycles. The first-order chi connectivity index (χ1) is 9.40. The topological polar surface area (TPSA) is 86.3 Å². The van der Waals surface area contributed by atoms with Crippen LogP contribution in [0.5, 0.6) is 0 Å². The van der Waals surface area contributed by atoms with Crippen LogP contribution < -0.4 is 0 Å². The minimum Gasteiger partial charge on any atom is -0.263 e. The van der Waals surface area contributed by atoms with Crippen molar-refractivity contribution in [3.8, 4) is 0 Å². The van der Waals surface area contributed by atoms with Crippen molar-refractivity contribution in [3.05, 3.63) is 55.6 Å². The molecule has 0 amide bonds. The van der Waals surface area contributed by atoms with E-state index >= 15 is 0 Å². The van der Waals surface area contributed by atoms with Gasteiger partial charge in [0.1, 0.15) is 0 Å². The molecule has 0 radical (unpaired) electrons. The van der Waals surface area contributed by atoms with Gasteiger partial charge in [-0.3, -0.25) is 20.2 Å². The van der Waals surface area contributed by atoms with Crippen LogP contribution in [0.15, 0.2) is 24.3 Å². The third-order valence-electron chi connectivity index (χ3n) is 2.79. The molecule has 20 heavy (non-hydrogen) atoms. The summed E-state index contributed by atoms with van der Waals surface area (Å²) in [5.74, 6) is 0. The van der Waals surface area contributed by atoms with Gasteiger partial charge in [0.05, 0.1) is 0 Å². The quantitative estimate of drug-likeness (QED) is 0.318. The van der Waals surface area contributed by atoms with Gasteiger partial charge in [-0.05, 0) is 47.2 Å². The first kappa shape index (κ1) is 16.7. The first-order valence-corrected chi connectivity index (χ1v) is 6.90. The van der Waals surface area contributed by atoms with Gasteiger partial charge >= 0.3 is 0 Å². The molecule has 0 saturated carbocycles. The lowest BCUT2D eigenvalue weighted by Crippen LogP contribution is -2.13. The van der Waals surface area contributed by atoms with E-state index in [1.165, 1.54) is 0 Å². The average molecular weight is 321 g/mol. The minimum absolute atomic E-state index is 0.241. The molecule has 0 saturated heterocycles. The van der Waals surface area contributed by atoms with E-state index in [0.29, 0.717) is 12.8 Å². The smallest absolute Gasteiger partial charge is 0.263 e. The summed E-state index contributed by atoms with van der Waals surface area (Å²) in [4.78, 5) is 19.8. The van der Waals surface area contributed by atoms with Crippen molar-refractivity contribution in [1.29, 1.82) is 0 Å². The molecule has 6 nitrogen and oxygen atoms in total. The number of hydrogen-bond acceptors (Lipinski definition) is 4. The Hall–Kier alpha value is -1.40.